The Morgan fingerprint density at radius 3 is 1.70 bits per heavy atom. The molecule has 2 atom stereocenters. The summed E-state index contributed by atoms with van der Waals surface area (Å²) in [7, 11) is 0. The fraction of sp³-hybridized carbons (Fsp3) is 0.842. The van der Waals surface area contributed by atoms with Gasteiger partial charge in [0.1, 0.15) is 0 Å². The van der Waals surface area contributed by atoms with Gasteiger partial charge in [0.25, 0.3) is 0 Å². The molecule has 4 heteroatoms. The Labute approximate surface area is 141 Å². The normalized spacial score (nSPS) is 14.2. The first-order valence-electron chi connectivity index (χ1n) is 9.32. The number of carboxylic acid groups (broad SMARTS) is 1. The number of hydrogen-bond acceptors (Lipinski definition) is 3. The van der Waals surface area contributed by atoms with Gasteiger partial charge >= 0.3 is 5.97 Å². The van der Waals surface area contributed by atoms with Crippen molar-refractivity contribution in [3.05, 3.63) is 12.2 Å². The Morgan fingerprint density at radius 2 is 1.22 bits per heavy atom. The zero-order valence-electron chi connectivity index (χ0n) is 14.8. The van der Waals surface area contributed by atoms with Crippen molar-refractivity contribution in [1.82, 2.24) is 0 Å². The molecule has 0 saturated carbocycles. The first-order chi connectivity index (χ1) is 11.1. The summed E-state index contributed by atoms with van der Waals surface area (Å²) in [5.41, 5.74) is 0. The maximum absolute atomic E-state index is 10.4. The lowest BCUT2D eigenvalue weighted by molar-refractivity contribution is -0.137. The van der Waals surface area contributed by atoms with Crippen LogP contribution < -0.4 is 0 Å². The predicted octanol–water partition coefficient (Wildman–Crippen LogP) is 4.44. The van der Waals surface area contributed by atoms with E-state index in [2.05, 4.69) is 6.92 Å². The van der Waals surface area contributed by atoms with Crippen LogP contribution in [-0.2, 0) is 4.79 Å². The number of carboxylic acids is 1. The molecule has 0 aromatic rings. The quantitative estimate of drug-likeness (QED) is 0.289. The summed E-state index contributed by atoms with van der Waals surface area (Å²) in [5, 5.41) is 28.2. The highest BCUT2D eigenvalue weighted by Gasteiger charge is 2.03. The van der Waals surface area contributed by atoms with Crippen molar-refractivity contribution < 1.29 is 20.1 Å². The third kappa shape index (κ3) is 17.3. The number of aliphatic carboxylic acids is 1. The highest BCUT2D eigenvalue weighted by Crippen LogP contribution is 2.11. The van der Waals surface area contributed by atoms with E-state index in [-0.39, 0.29) is 6.42 Å². The zero-order chi connectivity index (χ0) is 17.3. The first-order valence-corrected chi connectivity index (χ1v) is 9.32. The number of hydrogen-bond donors (Lipinski definition) is 3. The molecule has 0 aromatic heterocycles. The largest absolute Gasteiger partial charge is 0.481 e. The van der Waals surface area contributed by atoms with E-state index in [1.165, 1.54) is 25.7 Å². The van der Waals surface area contributed by atoms with Crippen molar-refractivity contribution in [2.75, 3.05) is 0 Å². The van der Waals surface area contributed by atoms with E-state index >= 15 is 0 Å². The Balaban J connectivity index is 3.49. The van der Waals surface area contributed by atoms with Crippen LogP contribution in [0, 0.1) is 0 Å². The Kier molecular flexibility index (Phi) is 15.4. The molecule has 0 spiro atoms. The van der Waals surface area contributed by atoms with Crippen LogP contribution in [0.5, 0.6) is 0 Å². The van der Waals surface area contributed by atoms with Gasteiger partial charge in [0, 0.05) is 6.42 Å². The lowest BCUT2D eigenvalue weighted by Gasteiger charge is -2.08. The molecule has 0 unspecified atom stereocenters. The average molecular weight is 328 g/mol. The van der Waals surface area contributed by atoms with Crippen molar-refractivity contribution >= 4 is 5.97 Å². The van der Waals surface area contributed by atoms with E-state index < -0.39 is 18.2 Å². The molecule has 0 rings (SSSR count). The Hall–Kier alpha value is -0.870. The molecule has 4 nitrogen and oxygen atoms in total. The van der Waals surface area contributed by atoms with Gasteiger partial charge in [0.05, 0.1) is 12.2 Å². The van der Waals surface area contributed by atoms with Gasteiger partial charge in [-0.1, -0.05) is 76.9 Å². The molecule has 0 radical (unpaired) electrons. The number of rotatable bonds is 16. The summed E-state index contributed by atoms with van der Waals surface area (Å²) in [6, 6.07) is 0. The van der Waals surface area contributed by atoms with Crippen LogP contribution in [0.2, 0.25) is 0 Å². The second kappa shape index (κ2) is 16.0. The third-order valence-electron chi connectivity index (χ3n) is 4.05. The number of aliphatic hydroxyl groups is 2. The predicted molar refractivity (Wildman–Crippen MR) is 94.5 cm³/mol. The number of aliphatic hydroxyl groups excluding tert-OH is 2. The van der Waals surface area contributed by atoms with E-state index in [0.717, 1.165) is 44.9 Å². The zero-order valence-corrected chi connectivity index (χ0v) is 14.8. The molecule has 23 heavy (non-hydrogen) atoms. The van der Waals surface area contributed by atoms with Gasteiger partial charge in [0.15, 0.2) is 0 Å². The van der Waals surface area contributed by atoms with Crippen LogP contribution in [0.25, 0.3) is 0 Å². The molecule has 0 saturated heterocycles. The monoisotopic (exact) mass is 328 g/mol. The molecule has 3 N–H and O–H groups in total. The van der Waals surface area contributed by atoms with Crippen LogP contribution in [-0.4, -0.2) is 33.5 Å². The second-order valence-electron chi connectivity index (χ2n) is 6.42. The van der Waals surface area contributed by atoms with Crippen LogP contribution in [0.3, 0.4) is 0 Å². The highest BCUT2D eigenvalue weighted by atomic mass is 16.4. The van der Waals surface area contributed by atoms with Crippen molar-refractivity contribution in [3.63, 3.8) is 0 Å². The van der Waals surface area contributed by atoms with Crippen molar-refractivity contribution in [1.29, 1.82) is 0 Å². The summed E-state index contributed by atoms with van der Waals surface area (Å²) >= 11 is 0. The average Bonchev–Trinajstić information content (AvgIpc) is 2.51. The molecule has 0 heterocycles. The fourth-order valence-corrected chi connectivity index (χ4v) is 2.57. The SMILES string of the molecule is CCCCCCC[C@@H](O)/C=C/[C@H](O)CCCCCCCC(=O)O. The maximum atomic E-state index is 10.4. The van der Waals surface area contributed by atoms with Crippen molar-refractivity contribution in [3.8, 4) is 0 Å². The summed E-state index contributed by atoms with van der Waals surface area (Å²) in [6.07, 6.45) is 14.8. The van der Waals surface area contributed by atoms with Crippen LogP contribution in [0.1, 0.15) is 90.4 Å². The van der Waals surface area contributed by atoms with Crippen molar-refractivity contribution in [2.24, 2.45) is 0 Å². The van der Waals surface area contributed by atoms with E-state index in [1.807, 2.05) is 0 Å². The Bertz CT molecular complexity index is 302. The van der Waals surface area contributed by atoms with Gasteiger partial charge in [-0.2, -0.15) is 0 Å². The molecule has 0 aliphatic rings. The molecule has 0 aromatic carbocycles. The first kappa shape index (κ1) is 22.1. The molecular formula is C19H36O4. The third-order valence-corrected chi connectivity index (χ3v) is 4.05. The van der Waals surface area contributed by atoms with Crippen molar-refractivity contribution in [2.45, 2.75) is 103 Å². The number of unbranched alkanes of at least 4 members (excludes halogenated alkanes) is 8. The van der Waals surface area contributed by atoms with Gasteiger partial charge in [-0.3, -0.25) is 4.79 Å². The van der Waals surface area contributed by atoms with Gasteiger partial charge in [-0.05, 0) is 19.3 Å². The fourth-order valence-electron chi connectivity index (χ4n) is 2.57. The van der Waals surface area contributed by atoms with E-state index in [9.17, 15) is 15.0 Å². The Morgan fingerprint density at radius 1 is 0.783 bits per heavy atom. The minimum Gasteiger partial charge on any atom is -0.481 e. The van der Waals surface area contributed by atoms with E-state index in [1.54, 1.807) is 12.2 Å². The molecule has 0 fully saturated rings. The lowest BCUT2D eigenvalue weighted by Crippen LogP contribution is -2.06. The number of carbonyl (C=O) groups is 1. The standard InChI is InChI=1S/C19H36O4/c1-2-3-4-6-9-12-17(20)15-16-18(21)13-10-7-5-8-11-14-19(22)23/h15-18,20-21H,2-14H2,1H3,(H,22,23)/b16-15+/t17-,18-/m1/s1. The van der Waals surface area contributed by atoms with E-state index in [4.69, 9.17) is 5.11 Å². The maximum Gasteiger partial charge on any atom is 0.303 e. The minimum atomic E-state index is -0.727. The van der Waals surface area contributed by atoms with Crippen LogP contribution in [0.4, 0.5) is 0 Å². The van der Waals surface area contributed by atoms with E-state index in [0.29, 0.717) is 6.42 Å². The summed E-state index contributed by atoms with van der Waals surface area (Å²) < 4.78 is 0. The van der Waals surface area contributed by atoms with Crippen LogP contribution >= 0.6 is 0 Å². The lowest BCUT2D eigenvalue weighted by atomic mass is 10.0. The molecule has 0 aliphatic heterocycles. The molecular weight excluding hydrogens is 292 g/mol. The summed E-state index contributed by atoms with van der Waals surface area (Å²) in [6.45, 7) is 2.19. The molecule has 0 aliphatic carbocycles. The second-order valence-corrected chi connectivity index (χ2v) is 6.42. The smallest absolute Gasteiger partial charge is 0.303 e. The molecule has 0 amide bonds. The molecule has 0 bridgehead atoms. The topological polar surface area (TPSA) is 77.8 Å². The van der Waals surface area contributed by atoms with Gasteiger partial charge in [0.2, 0.25) is 0 Å². The summed E-state index contributed by atoms with van der Waals surface area (Å²) in [5.74, 6) is -0.727. The summed E-state index contributed by atoms with van der Waals surface area (Å²) in [4.78, 5) is 10.4. The molecule has 136 valence electrons. The van der Waals surface area contributed by atoms with Crippen LogP contribution in [0.15, 0.2) is 12.2 Å². The minimum absolute atomic E-state index is 0.252. The van der Waals surface area contributed by atoms with Gasteiger partial charge in [-0.15, -0.1) is 0 Å². The highest BCUT2D eigenvalue weighted by molar-refractivity contribution is 5.66. The van der Waals surface area contributed by atoms with Gasteiger partial charge in [-0.25, -0.2) is 0 Å². The van der Waals surface area contributed by atoms with Gasteiger partial charge < -0.3 is 15.3 Å².